The molecule has 0 saturated heterocycles. The number of hydrogen-bond acceptors (Lipinski definition) is 6. The van der Waals surface area contributed by atoms with E-state index in [1.807, 2.05) is 48.5 Å². The van der Waals surface area contributed by atoms with E-state index in [4.69, 9.17) is 9.73 Å². The molecule has 4 rings (SSSR count). The molecule has 0 amide bonds. The van der Waals surface area contributed by atoms with Gasteiger partial charge < -0.3 is 10.1 Å². The molecule has 0 radical (unpaired) electrons. The van der Waals surface area contributed by atoms with Crippen molar-refractivity contribution in [1.29, 1.82) is 0 Å². The number of unbranched alkanes of at least 4 members (excludes halogenated alkanes) is 1. The van der Waals surface area contributed by atoms with E-state index >= 15 is 0 Å². The van der Waals surface area contributed by atoms with Crippen LogP contribution in [0.5, 0.6) is 5.75 Å². The normalized spacial score (nSPS) is 15.0. The smallest absolute Gasteiger partial charge is 0.163 e. The Hall–Kier alpha value is -3.06. The second kappa shape index (κ2) is 8.53. The zero-order chi connectivity index (χ0) is 20.2. The molecule has 0 saturated carbocycles. The molecule has 0 fully saturated rings. The van der Waals surface area contributed by atoms with Crippen LogP contribution in [-0.4, -0.2) is 33.5 Å². The van der Waals surface area contributed by atoms with E-state index in [0.717, 1.165) is 36.2 Å². The van der Waals surface area contributed by atoms with Gasteiger partial charge in [0.15, 0.2) is 10.8 Å². The van der Waals surface area contributed by atoms with Crippen LogP contribution in [0.25, 0.3) is 0 Å². The molecular weight excluding hydrogens is 384 g/mol. The highest BCUT2D eigenvalue weighted by Gasteiger charge is 2.27. The molecule has 2 heterocycles. The van der Waals surface area contributed by atoms with Gasteiger partial charge in [-0.2, -0.15) is 0 Å². The molecule has 1 N–H and O–H groups in total. The number of hydrogen-bond donors (Lipinski definition) is 1. The summed E-state index contributed by atoms with van der Waals surface area (Å²) in [4.78, 5) is 14.3. The number of ether oxygens (including phenoxy) is 1. The fourth-order valence-corrected chi connectivity index (χ4v) is 4.40. The Morgan fingerprint density at radius 1 is 1.10 bits per heavy atom. The average molecular weight is 407 g/mol. The van der Waals surface area contributed by atoms with Gasteiger partial charge in [-0.15, -0.1) is 0 Å². The van der Waals surface area contributed by atoms with Crippen LogP contribution in [0.15, 0.2) is 69.8 Å². The van der Waals surface area contributed by atoms with Crippen LogP contribution in [0.1, 0.15) is 30.9 Å². The zero-order valence-corrected chi connectivity index (χ0v) is 17.2. The van der Waals surface area contributed by atoms with E-state index in [1.165, 1.54) is 6.33 Å². The van der Waals surface area contributed by atoms with Crippen molar-refractivity contribution in [2.24, 2.45) is 4.99 Å². The fraction of sp³-hybridized carbons (Fsp3) is 0.227. The molecule has 0 spiro atoms. The fourth-order valence-electron chi connectivity index (χ4n) is 3.19. The lowest BCUT2D eigenvalue weighted by molar-refractivity contribution is 0.414. The van der Waals surface area contributed by atoms with Crippen LogP contribution < -0.4 is 10.1 Å². The Bertz CT molecular complexity index is 1080. The van der Waals surface area contributed by atoms with E-state index in [-0.39, 0.29) is 0 Å². The first-order valence-electron chi connectivity index (χ1n) is 9.56. The summed E-state index contributed by atoms with van der Waals surface area (Å²) in [5, 5.41) is 3.74. The highest BCUT2D eigenvalue weighted by molar-refractivity contribution is 7.85. The summed E-state index contributed by atoms with van der Waals surface area (Å²) in [6, 6.07) is 15.4. The summed E-state index contributed by atoms with van der Waals surface area (Å²) in [5.41, 5.74) is 2.94. The van der Waals surface area contributed by atoms with Crippen molar-refractivity contribution in [3.05, 3.63) is 66.0 Å². The summed E-state index contributed by atoms with van der Waals surface area (Å²) in [5.74, 6) is 1.28. The number of anilines is 1. The van der Waals surface area contributed by atoms with Crippen LogP contribution in [-0.2, 0) is 10.8 Å². The Morgan fingerprint density at radius 2 is 1.93 bits per heavy atom. The number of aromatic nitrogens is 2. The number of fused-ring (bicyclic) bond motifs is 2. The highest BCUT2D eigenvalue weighted by atomic mass is 32.2. The maximum absolute atomic E-state index is 13.5. The van der Waals surface area contributed by atoms with E-state index < -0.39 is 10.8 Å². The van der Waals surface area contributed by atoms with Crippen LogP contribution in [0.2, 0.25) is 0 Å². The van der Waals surface area contributed by atoms with E-state index in [0.29, 0.717) is 27.2 Å². The third kappa shape index (κ3) is 3.78. The monoisotopic (exact) mass is 406 g/mol. The van der Waals surface area contributed by atoms with Gasteiger partial charge in [-0.1, -0.05) is 43.7 Å². The van der Waals surface area contributed by atoms with Crippen LogP contribution in [0, 0.1) is 0 Å². The maximum atomic E-state index is 13.5. The number of rotatable bonds is 6. The predicted octanol–water partition coefficient (Wildman–Crippen LogP) is 4.35. The van der Waals surface area contributed by atoms with Crippen LogP contribution >= 0.6 is 0 Å². The number of methoxy groups -OCH3 is 1. The SMILES string of the molecule is CCCCNc1ncnc2c1N=C(c1ccccc1)c1cc(OC)ccc1S2=O. The minimum absolute atomic E-state index is 0.413. The third-order valence-electron chi connectivity index (χ3n) is 4.70. The van der Waals surface area contributed by atoms with Gasteiger partial charge in [0.05, 0.1) is 17.7 Å². The lowest BCUT2D eigenvalue weighted by Gasteiger charge is -2.11. The molecule has 1 aromatic heterocycles. The van der Waals surface area contributed by atoms with Crippen LogP contribution in [0.3, 0.4) is 0 Å². The standard InChI is InChI=1S/C22H22N4O2S/c1-3-4-12-23-21-20-22(25-14-24-21)29(27)18-11-10-16(28-2)13-17(18)19(26-20)15-8-6-5-7-9-15/h5-11,13-14H,3-4,12H2,1-2H3,(H,23,24,25). The summed E-state index contributed by atoms with van der Waals surface area (Å²) in [7, 11) is 0.125. The quantitative estimate of drug-likeness (QED) is 0.381. The summed E-state index contributed by atoms with van der Waals surface area (Å²) < 4.78 is 18.9. The zero-order valence-electron chi connectivity index (χ0n) is 16.4. The summed E-state index contributed by atoms with van der Waals surface area (Å²) >= 11 is 0. The first kappa shape index (κ1) is 19.3. The first-order chi connectivity index (χ1) is 14.2. The van der Waals surface area contributed by atoms with Crippen molar-refractivity contribution in [2.75, 3.05) is 19.0 Å². The first-order valence-corrected chi connectivity index (χ1v) is 10.7. The molecule has 1 unspecified atom stereocenters. The molecule has 0 bridgehead atoms. The number of nitrogens with zero attached hydrogens (tertiary/aromatic N) is 3. The van der Waals surface area contributed by atoms with Gasteiger partial charge in [-0.05, 0) is 24.6 Å². The third-order valence-corrected chi connectivity index (χ3v) is 6.10. The van der Waals surface area contributed by atoms with Gasteiger partial charge in [0.25, 0.3) is 0 Å². The van der Waals surface area contributed by atoms with Crippen LogP contribution in [0.4, 0.5) is 11.5 Å². The largest absolute Gasteiger partial charge is 0.497 e. The van der Waals surface area contributed by atoms with E-state index in [2.05, 4.69) is 22.2 Å². The van der Waals surface area contributed by atoms with E-state index in [9.17, 15) is 4.21 Å². The Morgan fingerprint density at radius 3 is 2.69 bits per heavy atom. The molecule has 6 nitrogen and oxygen atoms in total. The predicted molar refractivity (Wildman–Crippen MR) is 115 cm³/mol. The molecule has 1 aliphatic heterocycles. The van der Waals surface area contributed by atoms with Gasteiger partial charge in [-0.25, -0.2) is 19.2 Å². The molecule has 148 valence electrons. The van der Waals surface area contributed by atoms with Crippen molar-refractivity contribution < 1.29 is 8.95 Å². The van der Waals surface area contributed by atoms with E-state index in [1.54, 1.807) is 7.11 Å². The van der Waals surface area contributed by atoms with Crippen molar-refractivity contribution in [1.82, 2.24) is 9.97 Å². The highest BCUT2D eigenvalue weighted by Crippen LogP contribution is 2.37. The minimum atomic E-state index is -1.49. The second-order valence-electron chi connectivity index (χ2n) is 6.61. The van der Waals surface area contributed by atoms with Gasteiger partial charge in [-0.3, -0.25) is 0 Å². The van der Waals surface area contributed by atoms with Gasteiger partial charge in [0, 0.05) is 17.7 Å². The number of nitrogens with one attached hydrogen (secondary N) is 1. The van der Waals surface area contributed by atoms with Gasteiger partial charge in [0.2, 0.25) is 0 Å². The van der Waals surface area contributed by atoms with Crippen molar-refractivity contribution in [2.45, 2.75) is 29.7 Å². The molecule has 1 aliphatic rings. The topological polar surface area (TPSA) is 76.5 Å². The molecule has 29 heavy (non-hydrogen) atoms. The Kier molecular flexibility index (Phi) is 5.67. The van der Waals surface area contributed by atoms with Gasteiger partial charge >= 0.3 is 0 Å². The number of benzene rings is 2. The second-order valence-corrected chi connectivity index (χ2v) is 7.98. The maximum Gasteiger partial charge on any atom is 0.163 e. The lowest BCUT2D eigenvalue weighted by Crippen LogP contribution is -2.06. The summed E-state index contributed by atoms with van der Waals surface area (Å²) in [6.45, 7) is 2.90. The van der Waals surface area contributed by atoms with Crippen molar-refractivity contribution in [3.63, 3.8) is 0 Å². The Balaban J connectivity index is 1.95. The minimum Gasteiger partial charge on any atom is -0.497 e. The van der Waals surface area contributed by atoms with Gasteiger partial charge in [0.1, 0.15) is 28.6 Å². The van der Waals surface area contributed by atoms with Crippen molar-refractivity contribution in [3.8, 4) is 5.75 Å². The molecular formula is C22H22N4O2S. The number of aliphatic imine (C=N–C) groups is 1. The Labute approximate surface area is 172 Å². The summed E-state index contributed by atoms with van der Waals surface area (Å²) in [6.07, 6.45) is 3.52. The molecule has 0 aliphatic carbocycles. The molecule has 3 aromatic rings. The average Bonchev–Trinajstić information content (AvgIpc) is 2.89. The molecule has 2 aromatic carbocycles. The molecule has 1 atom stereocenters. The molecule has 7 heteroatoms. The van der Waals surface area contributed by atoms with Crippen molar-refractivity contribution >= 4 is 28.0 Å². The lowest BCUT2D eigenvalue weighted by atomic mass is 10.0.